The molecule has 3 amide bonds. The first-order valence-electron chi connectivity index (χ1n) is 6.23. The Labute approximate surface area is 112 Å². The van der Waals surface area contributed by atoms with Crippen molar-refractivity contribution in [3.63, 3.8) is 0 Å². The molecule has 0 aliphatic heterocycles. The van der Waals surface area contributed by atoms with Crippen molar-refractivity contribution in [1.82, 2.24) is 10.6 Å². The number of amides is 3. The van der Waals surface area contributed by atoms with Gasteiger partial charge in [-0.1, -0.05) is 13.8 Å². The molecular weight excluding hydrogens is 246 g/mol. The number of nitrogens with zero attached hydrogens (tertiary/aromatic N) is 1. The smallest absolute Gasteiger partial charge is 0.321 e. The summed E-state index contributed by atoms with van der Waals surface area (Å²) in [4.78, 5) is 22.9. The van der Waals surface area contributed by atoms with E-state index < -0.39 is 11.9 Å². The van der Waals surface area contributed by atoms with E-state index in [2.05, 4.69) is 24.5 Å². The van der Waals surface area contributed by atoms with Gasteiger partial charge in [-0.25, -0.2) is 4.79 Å². The number of carbonyl (C=O) groups excluding carboxylic acids is 2. The maximum absolute atomic E-state index is 11.6. The Hall–Kier alpha value is -2.11. The molecule has 0 bridgehead atoms. The van der Waals surface area contributed by atoms with E-state index in [1.807, 2.05) is 0 Å². The number of pyridine rings is 1. The molecule has 0 saturated carbocycles. The zero-order valence-corrected chi connectivity index (χ0v) is 11.2. The standard InChI is InChI=1S/C13H19N3O3/c1-10(2)5-6-14-13(19)15-12(18)9-16-7-3-4-11(17)8-16/h3-4,7-8,10H,5-6,9H2,1-2H3,(H2-,14,15,17,18,19)/p+1. The fraction of sp³-hybridized carbons (Fsp3) is 0.462. The molecule has 0 spiro atoms. The summed E-state index contributed by atoms with van der Waals surface area (Å²) in [5, 5.41) is 14.1. The van der Waals surface area contributed by atoms with Gasteiger partial charge in [-0.3, -0.25) is 10.1 Å². The van der Waals surface area contributed by atoms with Gasteiger partial charge in [-0.15, -0.1) is 0 Å². The Bertz CT molecular complexity index is 447. The molecule has 0 saturated heterocycles. The second-order valence-corrected chi connectivity index (χ2v) is 4.72. The van der Waals surface area contributed by atoms with Crippen LogP contribution in [0.1, 0.15) is 20.3 Å². The third-order valence-electron chi connectivity index (χ3n) is 2.43. The molecule has 1 rings (SSSR count). The zero-order valence-electron chi connectivity index (χ0n) is 11.2. The lowest BCUT2D eigenvalue weighted by molar-refractivity contribution is -0.684. The maximum Gasteiger partial charge on any atom is 0.321 e. The number of imide groups is 1. The summed E-state index contributed by atoms with van der Waals surface area (Å²) < 4.78 is 1.49. The maximum atomic E-state index is 11.6. The lowest BCUT2D eigenvalue weighted by Gasteiger charge is -2.07. The highest BCUT2D eigenvalue weighted by molar-refractivity contribution is 5.93. The van der Waals surface area contributed by atoms with Gasteiger partial charge in [0, 0.05) is 12.6 Å². The minimum absolute atomic E-state index is 0.0218. The van der Waals surface area contributed by atoms with Crippen molar-refractivity contribution in [2.45, 2.75) is 26.8 Å². The number of nitrogens with one attached hydrogen (secondary N) is 2. The molecule has 1 heterocycles. The van der Waals surface area contributed by atoms with Gasteiger partial charge in [-0.05, 0) is 18.4 Å². The normalized spacial score (nSPS) is 10.3. The molecule has 1 aromatic rings. The molecule has 6 nitrogen and oxygen atoms in total. The van der Waals surface area contributed by atoms with E-state index in [-0.39, 0.29) is 12.3 Å². The second-order valence-electron chi connectivity index (χ2n) is 4.72. The monoisotopic (exact) mass is 266 g/mol. The molecule has 3 N–H and O–H groups in total. The Kier molecular flexibility index (Phi) is 5.78. The molecule has 0 aromatic carbocycles. The highest BCUT2D eigenvalue weighted by Crippen LogP contribution is 1.99. The Morgan fingerprint density at radius 1 is 1.42 bits per heavy atom. The number of rotatable bonds is 5. The van der Waals surface area contributed by atoms with Crippen LogP contribution in [-0.2, 0) is 11.3 Å². The summed E-state index contributed by atoms with van der Waals surface area (Å²) in [6, 6.07) is 2.63. The lowest BCUT2D eigenvalue weighted by atomic mass is 10.1. The average Bonchev–Trinajstić information content (AvgIpc) is 2.27. The number of hydrogen-bond acceptors (Lipinski definition) is 3. The number of hydrogen-bond donors (Lipinski definition) is 3. The summed E-state index contributed by atoms with van der Waals surface area (Å²) in [5.41, 5.74) is 0. The first kappa shape index (κ1) is 14.9. The number of aromatic nitrogens is 1. The van der Waals surface area contributed by atoms with Crippen molar-refractivity contribution in [2.75, 3.05) is 6.54 Å². The molecule has 0 atom stereocenters. The van der Waals surface area contributed by atoms with E-state index >= 15 is 0 Å². The lowest BCUT2D eigenvalue weighted by Crippen LogP contribution is -2.47. The predicted molar refractivity (Wildman–Crippen MR) is 69.3 cm³/mol. The SMILES string of the molecule is CC(C)CCNC(=O)NC(=O)C[n+]1cccc(O)c1. The molecular formula is C13H20N3O3+. The van der Waals surface area contributed by atoms with Crippen molar-refractivity contribution in [2.24, 2.45) is 5.92 Å². The molecule has 0 aliphatic carbocycles. The minimum atomic E-state index is -0.494. The van der Waals surface area contributed by atoms with Gasteiger partial charge >= 0.3 is 6.03 Å². The predicted octanol–water partition coefficient (Wildman–Crippen LogP) is 0.552. The van der Waals surface area contributed by atoms with Crippen LogP contribution in [0.2, 0.25) is 0 Å². The van der Waals surface area contributed by atoms with Crippen LogP contribution in [0.15, 0.2) is 24.5 Å². The molecule has 0 unspecified atom stereocenters. The van der Waals surface area contributed by atoms with Crippen molar-refractivity contribution < 1.29 is 19.3 Å². The van der Waals surface area contributed by atoms with Crippen LogP contribution in [-0.4, -0.2) is 23.6 Å². The largest absolute Gasteiger partial charge is 0.503 e. The van der Waals surface area contributed by atoms with Crippen LogP contribution in [0.5, 0.6) is 5.75 Å². The number of aromatic hydroxyl groups is 1. The molecule has 0 radical (unpaired) electrons. The van der Waals surface area contributed by atoms with Crippen LogP contribution in [0.4, 0.5) is 4.79 Å². The van der Waals surface area contributed by atoms with E-state index in [1.54, 1.807) is 12.3 Å². The first-order valence-corrected chi connectivity index (χ1v) is 6.23. The van der Waals surface area contributed by atoms with E-state index in [0.29, 0.717) is 12.5 Å². The highest BCUT2D eigenvalue weighted by Gasteiger charge is 2.12. The third kappa shape index (κ3) is 6.40. The van der Waals surface area contributed by atoms with E-state index in [9.17, 15) is 14.7 Å². The average molecular weight is 266 g/mol. The van der Waals surface area contributed by atoms with Crippen LogP contribution >= 0.6 is 0 Å². The van der Waals surface area contributed by atoms with Gasteiger partial charge in [0.05, 0.1) is 0 Å². The van der Waals surface area contributed by atoms with Crippen molar-refractivity contribution in [3.05, 3.63) is 24.5 Å². The fourth-order valence-corrected chi connectivity index (χ4v) is 1.46. The van der Waals surface area contributed by atoms with Crippen molar-refractivity contribution in [1.29, 1.82) is 0 Å². The van der Waals surface area contributed by atoms with E-state index in [0.717, 1.165) is 6.42 Å². The fourth-order valence-electron chi connectivity index (χ4n) is 1.46. The molecule has 0 fully saturated rings. The van der Waals surface area contributed by atoms with Crippen molar-refractivity contribution in [3.8, 4) is 5.75 Å². The number of carbonyl (C=O) groups is 2. The second kappa shape index (κ2) is 7.35. The molecule has 19 heavy (non-hydrogen) atoms. The third-order valence-corrected chi connectivity index (χ3v) is 2.43. The van der Waals surface area contributed by atoms with Crippen LogP contribution in [0, 0.1) is 5.92 Å². The summed E-state index contributed by atoms with van der Waals surface area (Å²) in [5.74, 6) is 0.133. The van der Waals surface area contributed by atoms with E-state index in [1.165, 1.54) is 16.8 Å². The summed E-state index contributed by atoms with van der Waals surface area (Å²) >= 11 is 0. The van der Waals surface area contributed by atoms with Gasteiger partial charge < -0.3 is 10.4 Å². The van der Waals surface area contributed by atoms with Gasteiger partial charge in [0.1, 0.15) is 0 Å². The van der Waals surface area contributed by atoms with Crippen molar-refractivity contribution >= 4 is 11.9 Å². The first-order chi connectivity index (χ1) is 8.97. The zero-order chi connectivity index (χ0) is 14.3. The molecule has 6 heteroatoms. The van der Waals surface area contributed by atoms with Gasteiger partial charge in [0.15, 0.2) is 11.9 Å². The quantitative estimate of drug-likeness (QED) is 0.681. The summed E-state index contributed by atoms with van der Waals surface area (Å²) in [6.07, 6.45) is 3.91. The van der Waals surface area contributed by atoms with Gasteiger partial charge in [-0.2, -0.15) is 4.57 Å². The van der Waals surface area contributed by atoms with Crippen LogP contribution in [0.25, 0.3) is 0 Å². The van der Waals surface area contributed by atoms with Gasteiger partial charge in [0.2, 0.25) is 12.7 Å². The topological polar surface area (TPSA) is 82.3 Å². The number of urea groups is 1. The molecule has 104 valence electrons. The molecule has 0 aliphatic rings. The Morgan fingerprint density at radius 3 is 2.79 bits per heavy atom. The Morgan fingerprint density at radius 2 is 2.16 bits per heavy atom. The van der Waals surface area contributed by atoms with E-state index in [4.69, 9.17) is 0 Å². The minimum Gasteiger partial charge on any atom is -0.503 e. The van der Waals surface area contributed by atoms with Gasteiger partial charge in [0.25, 0.3) is 5.91 Å². The summed E-state index contributed by atoms with van der Waals surface area (Å²) in [6.45, 7) is 4.63. The van der Waals surface area contributed by atoms with Crippen LogP contribution in [0.3, 0.4) is 0 Å². The Balaban J connectivity index is 2.33. The summed E-state index contributed by atoms with van der Waals surface area (Å²) in [7, 11) is 0. The molecule has 1 aromatic heterocycles. The highest BCUT2D eigenvalue weighted by atomic mass is 16.3. The van der Waals surface area contributed by atoms with Crippen LogP contribution < -0.4 is 15.2 Å².